The van der Waals surface area contributed by atoms with E-state index < -0.39 is 0 Å². The van der Waals surface area contributed by atoms with Gasteiger partial charge in [0.1, 0.15) is 11.9 Å². The van der Waals surface area contributed by atoms with Crippen LogP contribution in [0.3, 0.4) is 0 Å². The Bertz CT molecular complexity index is 432. The average Bonchev–Trinajstić information content (AvgIpc) is 2.68. The molecule has 5 nitrogen and oxygen atoms in total. The number of ether oxygens (including phenoxy) is 2. The first-order chi connectivity index (χ1) is 9.15. The summed E-state index contributed by atoms with van der Waals surface area (Å²) < 4.78 is 10.3. The molecule has 1 amide bonds. The van der Waals surface area contributed by atoms with Crippen LogP contribution in [-0.2, 0) is 11.3 Å². The summed E-state index contributed by atoms with van der Waals surface area (Å²) in [4.78, 5) is 13.5. The number of carbonyl (C=O) groups is 1. The average molecular weight is 265 g/mol. The molecule has 2 rings (SSSR count). The molecular weight excluding hydrogens is 246 g/mol. The Morgan fingerprint density at radius 3 is 2.63 bits per heavy atom. The monoisotopic (exact) mass is 265 g/mol. The highest BCUT2D eigenvalue weighted by molar-refractivity contribution is 5.70. The van der Waals surface area contributed by atoms with Crippen LogP contribution in [0, 0.1) is 0 Å². The van der Waals surface area contributed by atoms with Crippen molar-refractivity contribution in [1.82, 2.24) is 4.90 Å². The first-order valence-corrected chi connectivity index (χ1v) is 6.36. The molecule has 1 saturated heterocycles. The predicted molar refractivity (Wildman–Crippen MR) is 70.0 cm³/mol. The van der Waals surface area contributed by atoms with Gasteiger partial charge in [0.05, 0.1) is 13.2 Å². The second-order valence-corrected chi connectivity index (χ2v) is 4.65. The van der Waals surface area contributed by atoms with Gasteiger partial charge < -0.3 is 14.6 Å². The van der Waals surface area contributed by atoms with Crippen LogP contribution >= 0.6 is 0 Å². The minimum absolute atomic E-state index is 0.0262. The number of hydrogen-bond donors (Lipinski definition) is 1. The highest BCUT2D eigenvalue weighted by atomic mass is 16.6. The zero-order chi connectivity index (χ0) is 13.8. The minimum atomic E-state index is -0.318. The molecule has 1 aromatic rings. The van der Waals surface area contributed by atoms with E-state index in [4.69, 9.17) is 14.6 Å². The number of methoxy groups -OCH3 is 1. The number of rotatable bonds is 5. The lowest BCUT2D eigenvalue weighted by Crippen LogP contribution is -2.33. The molecule has 1 aromatic carbocycles. The van der Waals surface area contributed by atoms with E-state index in [1.807, 2.05) is 31.2 Å². The number of hydrogen-bond acceptors (Lipinski definition) is 4. The Balaban J connectivity index is 2.03. The Morgan fingerprint density at radius 2 is 2.05 bits per heavy atom. The predicted octanol–water partition coefficient (Wildman–Crippen LogP) is 1.79. The molecule has 0 saturated carbocycles. The van der Waals surface area contributed by atoms with E-state index in [1.165, 1.54) is 0 Å². The maximum atomic E-state index is 11.8. The fourth-order valence-electron chi connectivity index (χ4n) is 2.23. The highest BCUT2D eigenvalue weighted by Gasteiger charge is 2.37. The molecule has 5 heteroatoms. The Labute approximate surface area is 112 Å². The van der Waals surface area contributed by atoms with Crippen LogP contribution in [0.2, 0.25) is 0 Å². The lowest BCUT2D eigenvalue weighted by atomic mass is 10.1. The molecule has 0 radical (unpaired) electrons. The van der Waals surface area contributed by atoms with Gasteiger partial charge in [0.15, 0.2) is 0 Å². The number of nitrogens with zero attached hydrogens (tertiary/aromatic N) is 1. The lowest BCUT2D eigenvalue weighted by Gasteiger charge is -2.20. The largest absolute Gasteiger partial charge is 0.497 e. The van der Waals surface area contributed by atoms with Crippen molar-refractivity contribution in [2.24, 2.45) is 0 Å². The van der Waals surface area contributed by atoms with Crippen LogP contribution in [0.25, 0.3) is 0 Å². The second kappa shape index (κ2) is 5.93. The molecule has 0 aliphatic carbocycles. The van der Waals surface area contributed by atoms with Crippen LogP contribution in [-0.4, -0.2) is 42.0 Å². The van der Waals surface area contributed by atoms with Crippen molar-refractivity contribution in [2.75, 3.05) is 13.7 Å². The van der Waals surface area contributed by atoms with Crippen LogP contribution in [0.1, 0.15) is 18.9 Å². The number of carbonyl (C=O) groups excluding carboxylic acids is 1. The highest BCUT2D eigenvalue weighted by Crippen LogP contribution is 2.24. The zero-order valence-electron chi connectivity index (χ0n) is 11.2. The second-order valence-electron chi connectivity index (χ2n) is 4.65. The Kier molecular flexibility index (Phi) is 4.27. The molecule has 1 heterocycles. The summed E-state index contributed by atoms with van der Waals surface area (Å²) >= 11 is 0. The van der Waals surface area contributed by atoms with Gasteiger partial charge >= 0.3 is 6.09 Å². The number of benzene rings is 1. The summed E-state index contributed by atoms with van der Waals surface area (Å²) in [5.74, 6) is 0.791. The number of aliphatic hydroxyl groups excluding tert-OH is 1. The van der Waals surface area contributed by atoms with Crippen molar-refractivity contribution >= 4 is 6.09 Å². The smallest absolute Gasteiger partial charge is 0.410 e. The van der Waals surface area contributed by atoms with Gasteiger partial charge in [-0.05, 0) is 24.6 Å². The summed E-state index contributed by atoms with van der Waals surface area (Å²) in [5, 5.41) is 8.94. The van der Waals surface area contributed by atoms with E-state index in [0.29, 0.717) is 13.0 Å². The van der Waals surface area contributed by atoms with E-state index in [9.17, 15) is 4.79 Å². The third kappa shape index (κ3) is 2.98. The fraction of sp³-hybridized carbons (Fsp3) is 0.500. The summed E-state index contributed by atoms with van der Waals surface area (Å²) in [6.45, 7) is 2.47. The maximum Gasteiger partial charge on any atom is 0.410 e. The minimum Gasteiger partial charge on any atom is -0.497 e. The van der Waals surface area contributed by atoms with Crippen molar-refractivity contribution in [1.29, 1.82) is 0 Å². The summed E-state index contributed by atoms with van der Waals surface area (Å²) in [6, 6.07) is 7.57. The lowest BCUT2D eigenvalue weighted by molar-refractivity contribution is 0.111. The zero-order valence-corrected chi connectivity index (χ0v) is 11.2. The molecule has 0 spiro atoms. The van der Waals surface area contributed by atoms with Crippen LogP contribution in [0.15, 0.2) is 24.3 Å². The van der Waals surface area contributed by atoms with Gasteiger partial charge in [-0.3, -0.25) is 4.90 Å². The fourth-order valence-corrected chi connectivity index (χ4v) is 2.23. The third-order valence-corrected chi connectivity index (χ3v) is 3.44. The van der Waals surface area contributed by atoms with Gasteiger partial charge in [-0.2, -0.15) is 0 Å². The first-order valence-electron chi connectivity index (χ1n) is 6.36. The standard InChI is InChI=1S/C14H19NO4/c1-10-13(7-8-16)19-14(17)15(10)9-11-3-5-12(18-2)6-4-11/h3-6,10,13,16H,7-9H2,1-2H3. The van der Waals surface area contributed by atoms with Gasteiger partial charge in [-0.25, -0.2) is 4.79 Å². The maximum absolute atomic E-state index is 11.8. The van der Waals surface area contributed by atoms with Gasteiger partial charge in [-0.1, -0.05) is 12.1 Å². The molecule has 1 fully saturated rings. The van der Waals surface area contributed by atoms with Crippen molar-refractivity contribution < 1.29 is 19.4 Å². The topological polar surface area (TPSA) is 59.0 Å². The van der Waals surface area contributed by atoms with Crippen molar-refractivity contribution in [3.8, 4) is 5.75 Å². The van der Waals surface area contributed by atoms with Gasteiger partial charge in [-0.15, -0.1) is 0 Å². The van der Waals surface area contributed by atoms with E-state index in [-0.39, 0.29) is 24.8 Å². The van der Waals surface area contributed by atoms with Gasteiger partial charge in [0.2, 0.25) is 0 Å². The Hall–Kier alpha value is -1.75. The molecule has 19 heavy (non-hydrogen) atoms. The van der Waals surface area contributed by atoms with Crippen LogP contribution in [0.5, 0.6) is 5.75 Å². The van der Waals surface area contributed by atoms with Gasteiger partial charge in [0.25, 0.3) is 0 Å². The summed E-state index contributed by atoms with van der Waals surface area (Å²) in [5.41, 5.74) is 1.02. The Morgan fingerprint density at radius 1 is 1.37 bits per heavy atom. The van der Waals surface area contributed by atoms with E-state index >= 15 is 0 Å². The van der Waals surface area contributed by atoms with E-state index in [0.717, 1.165) is 11.3 Å². The molecule has 1 aliphatic heterocycles. The van der Waals surface area contributed by atoms with E-state index in [2.05, 4.69) is 0 Å². The summed E-state index contributed by atoms with van der Waals surface area (Å²) in [7, 11) is 1.62. The number of aliphatic hydroxyl groups is 1. The van der Waals surface area contributed by atoms with E-state index in [1.54, 1.807) is 12.0 Å². The number of amides is 1. The quantitative estimate of drug-likeness (QED) is 0.881. The molecular formula is C14H19NO4. The number of cyclic esters (lactones) is 1. The SMILES string of the molecule is COc1ccc(CN2C(=O)OC(CCO)C2C)cc1. The van der Waals surface area contributed by atoms with Crippen LogP contribution < -0.4 is 4.74 Å². The molecule has 104 valence electrons. The van der Waals surface area contributed by atoms with Crippen molar-refractivity contribution in [3.05, 3.63) is 29.8 Å². The molecule has 2 unspecified atom stereocenters. The first kappa shape index (κ1) is 13.7. The van der Waals surface area contributed by atoms with Gasteiger partial charge in [0, 0.05) is 19.6 Å². The molecule has 0 bridgehead atoms. The molecule has 1 aliphatic rings. The van der Waals surface area contributed by atoms with Crippen molar-refractivity contribution in [3.63, 3.8) is 0 Å². The van der Waals surface area contributed by atoms with Crippen molar-refractivity contribution in [2.45, 2.75) is 32.0 Å². The summed E-state index contributed by atoms with van der Waals surface area (Å²) in [6.07, 6.45) is -0.0658. The molecule has 0 aromatic heterocycles. The normalized spacial score (nSPS) is 22.5. The molecule has 1 N–H and O–H groups in total. The van der Waals surface area contributed by atoms with Crippen LogP contribution in [0.4, 0.5) is 4.79 Å². The third-order valence-electron chi connectivity index (χ3n) is 3.44. The molecule has 2 atom stereocenters.